The molecule has 0 aliphatic carbocycles. The highest BCUT2D eigenvalue weighted by Crippen LogP contribution is 2.30. The molecule has 1 heterocycles. The monoisotopic (exact) mass is 265 g/mol. The van der Waals surface area contributed by atoms with E-state index in [4.69, 9.17) is 10.7 Å². The molecule has 0 amide bonds. The van der Waals surface area contributed by atoms with E-state index in [0.717, 1.165) is 33.7 Å². The molecule has 0 fully saturated rings. The molecule has 3 nitrogen and oxygen atoms in total. The first kappa shape index (κ1) is 12.7. The third-order valence-electron chi connectivity index (χ3n) is 3.88. The Balaban J connectivity index is 2.25. The number of benzene rings is 2. The van der Waals surface area contributed by atoms with E-state index in [2.05, 4.69) is 50.0 Å². The molecule has 20 heavy (non-hydrogen) atoms. The first-order chi connectivity index (χ1) is 9.45. The van der Waals surface area contributed by atoms with Crippen LogP contribution in [0.5, 0.6) is 0 Å². The van der Waals surface area contributed by atoms with Crippen LogP contribution in [-0.4, -0.2) is 9.97 Å². The molecule has 3 N–H and O–H groups in total. The van der Waals surface area contributed by atoms with Gasteiger partial charge >= 0.3 is 0 Å². The van der Waals surface area contributed by atoms with Crippen LogP contribution in [0.25, 0.3) is 22.4 Å². The summed E-state index contributed by atoms with van der Waals surface area (Å²) in [5.74, 6) is 0.842. The number of nitrogens with one attached hydrogen (secondary N) is 1. The fourth-order valence-electron chi connectivity index (χ4n) is 2.57. The van der Waals surface area contributed by atoms with Crippen LogP contribution in [0, 0.1) is 27.7 Å². The lowest BCUT2D eigenvalue weighted by atomic mass is 10.0. The Morgan fingerprint density at radius 2 is 1.60 bits per heavy atom. The van der Waals surface area contributed by atoms with Gasteiger partial charge in [0.05, 0.1) is 11.0 Å². The van der Waals surface area contributed by atoms with Gasteiger partial charge in [-0.1, -0.05) is 6.07 Å². The first-order valence-electron chi connectivity index (χ1n) is 6.80. The Morgan fingerprint density at radius 1 is 0.900 bits per heavy atom. The lowest BCUT2D eigenvalue weighted by Gasteiger charge is -2.07. The summed E-state index contributed by atoms with van der Waals surface area (Å²) in [5, 5.41) is 0. The van der Waals surface area contributed by atoms with Crippen molar-refractivity contribution in [2.75, 3.05) is 5.73 Å². The van der Waals surface area contributed by atoms with E-state index in [-0.39, 0.29) is 0 Å². The number of aryl methyl sites for hydroxylation is 4. The predicted octanol–water partition coefficient (Wildman–Crippen LogP) is 4.05. The quantitative estimate of drug-likeness (QED) is 0.652. The Bertz CT molecular complexity index is 774. The van der Waals surface area contributed by atoms with Gasteiger partial charge in [0, 0.05) is 11.3 Å². The van der Waals surface area contributed by atoms with Crippen molar-refractivity contribution < 1.29 is 0 Å². The summed E-state index contributed by atoms with van der Waals surface area (Å²) < 4.78 is 0. The van der Waals surface area contributed by atoms with Crippen LogP contribution in [0.1, 0.15) is 22.3 Å². The molecular formula is C17H19N3. The van der Waals surface area contributed by atoms with Gasteiger partial charge in [0.1, 0.15) is 5.82 Å². The van der Waals surface area contributed by atoms with Gasteiger partial charge < -0.3 is 10.7 Å². The molecule has 0 unspecified atom stereocenters. The molecule has 2 aromatic carbocycles. The van der Waals surface area contributed by atoms with Gasteiger partial charge in [-0.15, -0.1) is 0 Å². The van der Waals surface area contributed by atoms with Gasteiger partial charge in [-0.3, -0.25) is 0 Å². The molecule has 3 aromatic rings. The number of aromatic nitrogens is 2. The number of nitrogens with two attached hydrogens (primary N) is 1. The molecule has 3 rings (SSSR count). The van der Waals surface area contributed by atoms with Crippen molar-refractivity contribution in [1.29, 1.82) is 0 Å². The Kier molecular flexibility index (Phi) is 2.78. The van der Waals surface area contributed by atoms with Gasteiger partial charge in [0.2, 0.25) is 0 Å². The number of aromatic amines is 1. The van der Waals surface area contributed by atoms with Crippen molar-refractivity contribution in [3.05, 3.63) is 46.5 Å². The van der Waals surface area contributed by atoms with E-state index in [1.54, 1.807) is 0 Å². The summed E-state index contributed by atoms with van der Waals surface area (Å²) in [6, 6.07) is 8.43. The Hall–Kier alpha value is -2.29. The van der Waals surface area contributed by atoms with E-state index in [1.165, 1.54) is 16.7 Å². The Morgan fingerprint density at radius 3 is 2.35 bits per heavy atom. The van der Waals surface area contributed by atoms with Gasteiger partial charge in [0.25, 0.3) is 0 Å². The highest BCUT2D eigenvalue weighted by Gasteiger charge is 2.11. The van der Waals surface area contributed by atoms with Gasteiger partial charge in [-0.2, -0.15) is 0 Å². The average Bonchev–Trinajstić information content (AvgIpc) is 2.77. The minimum Gasteiger partial charge on any atom is -0.398 e. The fraction of sp³-hybridized carbons (Fsp3) is 0.235. The number of H-pyrrole nitrogens is 1. The zero-order chi connectivity index (χ0) is 14.4. The lowest BCUT2D eigenvalue weighted by molar-refractivity contribution is 1.30. The maximum absolute atomic E-state index is 6.21. The van der Waals surface area contributed by atoms with E-state index in [0.29, 0.717) is 0 Å². The Labute approximate surface area is 118 Å². The summed E-state index contributed by atoms with van der Waals surface area (Å²) in [5.41, 5.74) is 14.8. The second-order valence-electron chi connectivity index (χ2n) is 5.58. The van der Waals surface area contributed by atoms with E-state index >= 15 is 0 Å². The summed E-state index contributed by atoms with van der Waals surface area (Å²) in [6.45, 7) is 8.32. The maximum atomic E-state index is 6.21. The van der Waals surface area contributed by atoms with Crippen molar-refractivity contribution >= 4 is 16.7 Å². The fourth-order valence-corrected chi connectivity index (χ4v) is 2.57. The lowest BCUT2D eigenvalue weighted by Crippen LogP contribution is -1.95. The van der Waals surface area contributed by atoms with E-state index < -0.39 is 0 Å². The summed E-state index contributed by atoms with van der Waals surface area (Å²) in [6.07, 6.45) is 0. The summed E-state index contributed by atoms with van der Waals surface area (Å²) >= 11 is 0. The van der Waals surface area contributed by atoms with Crippen LogP contribution in [0.3, 0.4) is 0 Å². The van der Waals surface area contributed by atoms with Gasteiger partial charge in [-0.25, -0.2) is 4.98 Å². The number of fused-ring (bicyclic) bond motifs is 1. The molecule has 0 radical (unpaired) electrons. The normalized spacial score (nSPS) is 11.2. The number of hydrogen-bond acceptors (Lipinski definition) is 2. The third-order valence-corrected chi connectivity index (χ3v) is 3.88. The molecule has 3 heteroatoms. The number of anilines is 1. The molecular weight excluding hydrogens is 246 g/mol. The predicted molar refractivity (Wildman–Crippen MR) is 84.9 cm³/mol. The second-order valence-corrected chi connectivity index (χ2v) is 5.58. The van der Waals surface area contributed by atoms with E-state index in [1.807, 2.05) is 6.92 Å². The summed E-state index contributed by atoms with van der Waals surface area (Å²) in [7, 11) is 0. The first-order valence-corrected chi connectivity index (χ1v) is 6.80. The molecule has 0 saturated carbocycles. The molecule has 1 aromatic heterocycles. The van der Waals surface area contributed by atoms with Crippen LogP contribution in [0.2, 0.25) is 0 Å². The van der Waals surface area contributed by atoms with Crippen LogP contribution in [-0.2, 0) is 0 Å². The number of hydrogen-bond donors (Lipinski definition) is 2. The molecule has 0 atom stereocenters. The van der Waals surface area contributed by atoms with E-state index in [9.17, 15) is 0 Å². The second kappa shape index (κ2) is 4.37. The number of imidazole rings is 1. The zero-order valence-corrected chi connectivity index (χ0v) is 12.3. The third kappa shape index (κ3) is 1.95. The minimum absolute atomic E-state index is 0.795. The standard InChI is InChI=1S/C17H19N3/c1-9-5-12(4)16(18)13(6-9)17-19-14-7-10(2)11(3)8-15(14)20-17/h5-8H,18H2,1-4H3,(H,19,20). The topological polar surface area (TPSA) is 54.7 Å². The minimum atomic E-state index is 0.795. The highest BCUT2D eigenvalue weighted by atomic mass is 14.9. The van der Waals surface area contributed by atoms with Gasteiger partial charge in [-0.05, 0) is 68.1 Å². The average molecular weight is 265 g/mol. The molecule has 0 aliphatic rings. The van der Waals surface area contributed by atoms with Crippen LogP contribution >= 0.6 is 0 Å². The smallest absolute Gasteiger partial charge is 0.140 e. The van der Waals surface area contributed by atoms with Crippen LogP contribution in [0.15, 0.2) is 24.3 Å². The number of nitrogen functional groups attached to an aromatic ring is 1. The SMILES string of the molecule is Cc1cc(C)c(N)c(-c2nc3cc(C)c(C)cc3[nH]2)c1. The number of nitrogens with zero attached hydrogens (tertiary/aromatic N) is 1. The molecule has 0 bridgehead atoms. The molecule has 0 saturated heterocycles. The van der Waals surface area contributed by atoms with Crippen molar-refractivity contribution in [2.24, 2.45) is 0 Å². The van der Waals surface area contributed by atoms with Gasteiger partial charge in [0.15, 0.2) is 0 Å². The summed E-state index contributed by atoms with van der Waals surface area (Å²) in [4.78, 5) is 8.08. The van der Waals surface area contributed by atoms with Crippen molar-refractivity contribution in [3.63, 3.8) is 0 Å². The van der Waals surface area contributed by atoms with Crippen molar-refractivity contribution in [3.8, 4) is 11.4 Å². The molecule has 102 valence electrons. The largest absolute Gasteiger partial charge is 0.398 e. The zero-order valence-electron chi connectivity index (χ0n) is 12.3. The maximum Gasteiger partial charge on any atom is 0.140 e. The van der Waals surface area contributed by atoms with Crippen molar-refractivity contribution in [2.45, 2.75) is 27.7 Å². The van der Waals surface area contributed by atoms with Crippen LogP contribution < -0.4 is 5.73 Å². The molecule has 0 aliphatic heterocycles. The molecule has 0 spiro atoms. The number of rotatable bonds is 1. The van der Waals surface area contributed by atoms with Crippen LogP contribution in [0.4, 0.5) is 5.69 Å². The highest BCUT2D eigenvalue weighted by molar-refractivity contribution is 5.84. The van der Waals surface area contributed by atoms with Crippen molar-refractivity contribution in [1.82, 2.24) is 9.97 Å².